The summed E-state index contributed by atoms with van der Waals surface area (Å²) >= 11 is 5.36. The van der Waals surface area contributed by atoms with Gasteiger partial charge in [0.15, 0.2) is 0 Å². The fourth-order valence-electron chi connectivity index (χ4n) is 1.37. The molecule has 14 heavy (non-hydrogen) atoms. The Morgan fingerprint density at radius 2 is 1.79 bits per heavy atom. The van der Waals surface area contributed by atoms with Crippen LogP contribution in [0.15, 0.2) is 21.9 Å². The Morgan fingerprint density at radius 3 is 2.43 bits per heavy atom. The second-order valence-corrected chi connectivity index (χ2v) is 5.84. The Morgan fingerprint density at radius 1 is 1.14 bits per heavy atom. The van der Waals surface area contributed by atoms with Crippen molar-refractivity contribution in [1.82, 2.24) is 4.98 Å². The number of thioether (sulfide) groups is 2. The standard InChI is InChI=1S/C10H11NS3/c1-6-11-7-4-9(12-2)10(13-3)5-8(7)14-6/h4-5H,1-3H3. The van der Waals surface area contributed by atoms with Crippen LogP contribution in [0.4, 0.5) is 0 Å². The van der Waals surface area contributed by atoms with Gasteiger partial charge in [0.2, 0.25) is 0 Å². The smallest absolute Gasteiger partial charge is 0.0907 e. The van der Waals surface area contributed by atoms with Gasteiger partial charge in [0.25, 0.3) is 0 Å². The summed E-state index contributed by atoms with van der Waals surface area (Å²) < 4.78 is 1.30. The molecule has 0 unspecified atom stereocenters. The van der Waals surface area contributed by atoms with Gasteiger partial charge in [-0.05, 0) is 31.6 Å². The number of aryl methyl sites for hydroxylation is 1. The second-order valence-electron chi connectivity index (χ2n) is 2.91. The van der Waals surface area contributed by atoms with Crippen molar-refractivity contribution >= 4 is 45.1 Å². The van der Waals surface area contributed by atoms with Crippen molar-refractivity contribution in [1.29, 1.82) is 0 Å². The van der Waals surface area contributed by atoms with Crippen LogP contribution in [-0.2, 0) is 0 Å². The van der Waals surface area contributed by atoms with Crippen LogP contribution in [0.5, 0.6) is 0 Å². The molecule has 0 aliphatic heterocycles. The Balaban J connectivity index is 2.68. The minimum absolute atomic E-state index is 1.13. The Hall–Kier alpha value is -0.190. The molecular formula is C10H11NS3. The predicted octanol–water partition coefficient (Wildman–Crippen LogP) is 4.05. The van der Waals surface area contributed by atoms with Gasteiger partial charge in [0.1, 0.15) is 0 Å². The molecule has 74 valence electrons. The molecular weight excluding hydrogens is 230 g/mol. The lowest BCUT2D eigenvalue weighted by Crippen LogP contribution is -1.77. The molecule has 0 radical (unpaired) electrons. The number of aromatic nitrogens is 1. The van der Waals surface area contributed by atoms with E-state index in [1.54, 1.807) is 34.9 Å². The Labute approximate surface area is 96.3 Å². The summed E-state index contributed by atoms with van der Waals surface area (Å²) in [6.45, 7) is 2.06. The van der Waals surface area contributed by atoms with Crippen molar-refractivity contribution in [3.63, 3.8) is 0 Å². The van der Waals surface area contributed by atoms with Crippen molar-refractivity contribution in [3.8, 4) is 0 Å². The number of fused-ring (bicyclic) bond motifs is 1. The Kier molecular flexibility index (Phi) is 3.04. The average molecular weight is 241 g/mol. The maximum Gasteiger partial charge on any atom is 0.0907 e. The van der Waals surface area contributed by atoms with Gasteiger partial charge >= 0.3 is 0 Å². The van der Waals surface area contributed by atoms with Crippen molar-refractivity contribution < 1.29 is 0 Å². The number of thiazole rings is 1. The van der Waals surface area contributed by atoms with E-state index >= 15 is 0 Å². The van der Waals surface area contributed by atoms with Crippen molar-refractivity contribution in [3.05, 3.63) is 17.1 Å². The number of nitrogens with zero attached hydrogens (tertiary/aromatic N) is 1. The van der Waals surface area contributed by atoms with Crippen LogP contribution in [0.2, 0.25) is 0 Å². The van der Waals surface area contributed by atoms with Crippen LogP contribution in [-0.4, -0.2) is 17.5 Å². The summed E-state index contributed by atoms with van der Waals surface area (Å²) in [5.41, 5.74) is 1.13. The number of hydrogen-bond acceptors (Lipinski definition) is 4. The molecule has 0 amide bonds. The first-order valence-corrected chi connectivity index (χ1v) is 7.50. The minimum Gasteiger partial charge on any atom is -0.241 e. The first-order chi connectivity index (χ1) is 6.74. The van der Waals surface area contributed by atoms with E-state index in [2.05, 4.69) is 36.6 Å². The molecule has 0 bridgehead atoms. The van der Waals surface area contributed by atoms with Gasteiger partial charge in [0, 0.05) is 9.79 Å². The fraction of sp³-hybridized carbons (Fsp3) is 0.300. The van der Waals surface area contributed by atoms with Gasteiger partial charge in [-0.3, -0.25) is 0 Å². The monoisotopic (exact) mass is 241 g/mol. The van der Waals surface area contributed by atoms with Gasteiger partial charge in [-0.2, -0.15) is 0 Å². The van der Waals surface area contributed by atoms with Crippen molar-refractivity contribution in [2.24, 2.45) is 0 Å². The van der Waals surface area contributed by atoms with Crippen LogP contribution in [0.1, 0.15) is 5.01 Å². The van der Waals surface area contributed by atoms with E-state index in [-0.39, 0.29) is 0 Å². The largest absolute Gasteiger partial charge is 0.241 e. The third-order valence-electron chi connectivity index (χ3n) is 2.00. The molecule has 1 heterocycles. The number of benzene rings is 1. The lowest BCUT2D eigenvalue weighted by molar-refractivity contribution is 1.26. The molecule has 1 nitrogen and oxygen atoms in total. The van der Waals surface area contributed by atoms with Gasteiger partial charge in [0.05, 0.1) is 15.2 Å². The van der Waals surface area contributed by atoms with Gasteiger partial charge in [-0.25, -0.2) is 4.98 Å². The first kappa shape index (κ1) is 10.3. The zero-order valence-electron chi connectivity index (χ0n) is 8.33. The summed E-state index contributed by atoms with van der Waals surface area (Å²) in [5.74, 6) is 0. The molecule has 0 spiro atoms. The highest BCUT2D eigenvalue weighted by Gasteiger charge is 2.06. The normalized spacial score (nSPS) is 11.1. The fourth-order valence-corrected chi connectivity index (χ4v) is 3.78. The quantitative estimate of drug-likeness (QED) is 0.736. The zero-order valence-corrected chi connectivity index (χ0v) is 10.8. The highest BCUT2D eigenvalue weighted by atomic mass is 32.2. The molecule has 0 saturated carbocycles. The van der Waals surface area contributed by atoms with E-state index in [1.807, 2.05) is 0 Å². The minimum atomic E-state index is 1.13. The highest BCUT2D eigenvalue weighted by Crippen LogP contribution is 2.34. The van der Waals surface area contributed by atoms with E-state index in [1.165, 1.54) is 14.5 Å². The van der Waals surface area contributed by atoms with Gasteiger partial charge < -0.3 is 0 Å². The third kappa shape index (κ3) is 1.78. The summed E-state index contributed by atoms with van der Waals surface area (Å²) in [5, 5.41) is 1.14. The maximum atomic E-state index is 4.49. The van der Waals surface area contributed by atoms with Gasteiger partial charge in [-0.1, -0.05) is 0 Å². The molecule has 2 aromatic rings. The molecule has 4 heteroatoms. The molecule has 0 aliphatic carbocycles. The average Bonchev–Trinajstić information content (AvgIpc) is 2.54. The van der Waals surface area contributed by atoms with Crippen LogP contribution >= 0.6 is 34.9 Å². The van der Waals surface area contributed by atoms with Crippen LogP contribution in [0.3, 0.4) is 0 Å². The number of rotatable bonds is 2. The van der Waals surface area contributed by atoms with Gasteiger partial charge in [-0.15, -0.1) is 34.9 Å². The van der Waals surface area contributed by atoms with E-state index in [9.17, 15) is 0 Å². The van der Waals surface area contributed by atoms with E-state index in [0.29, 0.717) is 0 Å². The lowest BCUT2D eigenvalue weighted by Gasteiger charge is -2.03. The summed E-state index contributed by atoms with van der Waals surface area (Å²) in [6, 6.07) is 4.44. The summed E-state index contributed by atoms with van der Waals surface area (Å²) in [7, 11) is 0. The van der Waals surface area contributed by atoms with Crippen molar-refractivity contribution in [2.45, 2.75) is 16.7 Å². The Bertz CT molecular complexity index is 421. The van der Waals surface area contributed by atoms with Crippen molar-refractivity contribution in [2.75, 3.05) is 12.5 Å². The second kappa shape index (κ2) is 4.13. The van der Waals surface area contributed by atoms with E-state index in [0.717, 1.165) is 10.5 Å². The van der Waals surface area contributed by atoms with Crippen LogP contribution in [0.25, 0.3) is 10.2 Å². The lowest BCUT2D eigenvalue weighted by atomic mass is 10.3. The third-order valence-corrected chi connectivity index (χ3v) is 4.62. The molecule has 2 rings (SSSR count). The molecule has 1 aromatic heterocycles. The first-order valence-electron chi connectivity index (χ1n) is 4.23. The van der Waals surface area contributed by atoms with E-state index < -0.39 is 0 Å². The van der Waals surface area contributed by atoms with Crippen LogP contribution < -0.4 is 0 Å². The van der Waals surface area contributed by atoms with E-state index in [4.69, 9.17) is 0 Å². The topological polar surface area (TPSA) is 12.9 Å². The molecule has 1 aromatic carbocycles. The van der Waals surface area contributed by atoms with Crippen LogP contribution in [0, 0.1) is 6.92 Å². The zero-order chi connectivity index (χ0) is 10.1. The summed E-state index contributed by atoms with van der Waals surface area (Å²) in [6.07, 6.45) is 4.23. The molecule has 0 saturated heterocycles. The highest BCUT2D eigenvalue weighted by molar-refractivity contribution is 8.01. The number of hydrogen-bond donors (Lipinski definition) is 0. The molecule has 0 aliphatic rings. The molecule has 0 fully saturated rings. The molecule has 0 N–H and O–H groups in total. The predicted molar refractivity (Wildman–Crippen MR) is 67.9 cm³/mol. The summed E-state index contributed by atoms with van der Waals surface area (Å²) in [4.78, 5) is 7.18. The maximum absolute atomic E-state index is 4.49. The SMILES string of the molecule is CSc1cc2nc(C)sc2cc1SC. The molecule has 0 atom stereocenters.